The van der Waals surface area contributed by atoms with Crippen molar-refractivity contribution >= 4 is 16.0 Å². The zero-order valence-electron chi connectivity index (χ0n) is 11.4. The second-order valence-corrected chi connectivity index (χ2v) is 7.65. The number of rotatable bonds is 5. The molecule has 18 heavy (non-hydrogen) atoms. The average molecular weight is 277 g/mol. The van der Waals surface area contributed by atoms with Crippen LogP contribution >= 0.6 is 0 Å². The standard InChI is InChI=1S/C12H23NO4S/c1-12(2)6-8-13(9-7-12)18(15,16)10-4-5-11(14)17-3/h4-10H2,1-3H3. The molecule has 0 amide bonds. The molecule has 0 N–H and O–H groups in total. The van der Waals surface area contributed by atoms with Crippen LogP contribution in [0.4, 0.5) is 0 Å². The van der Waals surface area contributed by atoms with Crippen LogP contribution in [0.25, 0.3) is 0 Å². The van der Waals surface area contributed by atoms with Gasteiger partial charge in [0.1, 0.15) is 0 Å². The van der Waals surface area contributed by atoms with Crippen molar-refractivity contribution < 1.29 is 17.9 Å². The van der Waals surface area contributed by atoms with Crippen molar-refractivity contribution in [1.82, 2.24) is 4.31 Å². The average Bonchev–Trinajstić information content (AvgIpc) is 2.28. The number of carbonyl (C=O) groups excluding carboxylic acids is 1. The van der Waals surface area contributed by atoms with E-state index in [4.69, 9.17) is 0 Å². The van der Waals surface area contributed by atoms with Gasteiger partial charge in [-0.25, -0.2) is 12.7 Å². The fraction of sp³-hybridized carbons (Fsp3) is 0.917. The smallest absolute Gasteiger partial charge is 0.305 e. The molecule has 1 aliphatic rings. The molecule has 1 aliphatic heterocycles. The van der Waals surface area contributed by atoms with Gasteiger partial charge in [-0.1, -0.05) is 13.8 Å². The third-order valence-electron chi connectivity index (χ3n) is 3.48. The summed E-state index contributed by atoms with van der Waals surface area (Å²) in [7, 11) is -1.90. The van der Waals surface area contributed by atoms with E-state index >= 15 is 0 Å². The molecule has 106 valence electrons. The number of esters is 1. The molecule has 1 rings (SSSR count). The molecule has 0 aliphatic carbocycles. The van der Waals surface area contributed by atoms with Gasteiger partial charge in [-0.15, -0.1) is 0 Å². The summed E-state index contributed by atoms with van der Waals surface area (Å²) in [5.74, 6) is -0.326. The summed E-state index contributed by atoms with van der Waals surface area (Å²) < 4.78 is 30.1. The lowest BCUT2D eigenvalue weighted by atomic mass is 9.83. The first-order valence-electron chi connectivity index (χ1n) is 6.31. The quantitative estimate of drug-likeness (QED) is 0.712. The molecular weight excluding hydrogens is 254 g/mol. The molecule has 0 radical (unpaired) electrons. The first-order valence-corrected chi connectivity index (χ1v) is 7.92. The first kappa shape index (κ1) is 15.4. The molecule has 5 nitrogen and oxygen atoms in total. The molecule has 1 heterocycles. The number of nitrogens with zero attached hydrogens (tertiary/aromatic N) is 1. The van der Waals surface area contributed by atoms with Gasteiger partial charge in [0.05, 0.1) is 12.9 Å². The van der Waals surface area contributed by atoms with Crippen LogP contribution in [0.5, 0.6) is 0 Å². The maximum Gasteiger partial charge on any atom is 0.305 e. The van der Waals surface area contributed by atoms with Crippen molar-refractivity contribution in [3.05, 3.63) is 0 Å². The third kappa shape index (κ3) is 4.57. The normalized spacial score (nSPS) is 20.6. The number of hydrogen-bond acceptors (Lipinski definition) is 4. The molecule has 1 saturated heterocycles. The molecule has 0 atom stereocenters. The maximum absolute atomic E-state index is 12.0. The van der Waals surface area contributed by atoms with Gasteiger partial charge in [-0.05, 0) is 24.7 Å². The molecule has 0 saturated carbocycles. The van der Waals surface area contributed by atoms with Crippen LogP contribution in [0.1, 0.15) is 39.5 Å². The van der Waals surface area contributed by atoms with Crippen LogP contribution in [0.3, 0.4) is 0 Å². The van der Waals surface area contributed by atoms with Gasteiger partial charge in [0, 0.05) is 19.5 Å². The van der Waals surface area contributed by atoms with E-state index in [-0.39, 0.29) is 23.6 Å². The van der Waals surface area contributed by atoms with Crippen molar-refractivity contribution in [3.8, 4) is 0 Å². The van der Waals surface area contributed by atoms with Crippen LogP contribution in [0, 0.1) is 5.41 Å². The maximum atomic E-state index is 12.0. The molecule has 0 spiro atoms. The van der Waals surface area contributed by atoms with E-state index in [2.05, 4.69) is 18.6 Å². The minimum absolute atomic E-state index is 0.0303. The van der Waals surface area contributed by atoms with Gasteiger partial charge in [-0.2, -0.15) is 0 Å². The summed E-state index contributed by atoms with van der Waals surface area (Å²) in [6.45, 7) is 5.50. The van der Waals surface area contributed by atoms with Crippen molar-refractivity contribution in [2.75, 3.05) is 26.0 Å². The Bertz CT molecular complexity index is 379. The summed E-state index contributed by atoms with van der Waals surface area (Å²) in [6, 6.07) is 0. The molecule has 0 aromatic rings. The fourth-order valence-electron chi connectivity index (χ4n) is 2.00. The largest absolute Gasteiger partial charge is 0.469 e. The molecule has 0 bridgehead atoms. The van der Waals surface area contributed by atoms with E-state index in [0.717, 1.165) is 12.8 Å². The number of piperidine rings is 1. The van der Waals surface area contributed by atoms with Crippen molar-refractivity contribution in [3.63, 3.8) is 0 Å². The Morgan fingerprint density at radius 1 is 1.28 bits per heavy atom. The van der Waals surface area contributed by atoms with E-state index in [9.17, 15) is 13.2 Å². The van der Waals surface area contributed by atoms with Crippen LogP contribution in [-0.2, 0) is 19.6 Å². The highest BCUT2D eigenvalue weighted by molar-refractivity contribution is 7.89. The number of ether oxygens (including phenoxy) is 1. The van der Waals surface area contributed by atoms with Gasteiger partial charge >= 0.3 is 5.97 Å². The van der Waals surface area contributed by atoms with Crippen LogP contribution in [-0.4, -0.2) is 44.6 Å². The van der Waals surface area contributed by atoms with Crippen LogP contribution in [0.2, 0.25) is 0 Å². The van der Waals surface area contributed by atoms with Crippen LogP contribution < -0.4 is 0 Å². The van der Waals surface area contributed by atoms with Crippen molar-refractivity contribution in [1.29, 1.82) is 0 Å². The minimum Gasteiger partial charge on any atom is -0.469 e. The van der Waals surface area contributed by atoms with Crippen molar-refractivity contribution in [2.45, 2.75) is 39.5 Å². The first-order chi connectivity index (χ1) is 8.27. The summed E-state index contributed by atoms with van der Waals surface area (Å²) in [4.78, 5) is 10.9. The Kier molecular flexibility index (Phi) is 5.16. The third-order valence-corrected chi connectivity index (χ3v) is 5.44. The summed E-state index contributed by atoms with van der Waals surface area (Å²) >= 11 is 0. The second kappa shape index (κ2) is 6.02. The summed E-state index contributed by atoms with van der Waals surface area (Å²) in [5, 5.41) is 0. The van der Waals surface area contributed by atoms with Gasteiger partial charge in [0.2, 0.25) is 10.0 Å². The molecule has 1 fully saturated rings. The zero-order chi connectivity index (χ0) is 13.8. The van der Waals surface area contributed by atoms with Gasteiger partial charge < -0.3 is 4.74 Å². The lowest BCUT2D eigenvalue weighted by molar-refractivity contribution is -0.140. The van der Waals surface area contributed by atoms with Gasteiger partial charge in [0.15, 0.2) is 0 Å². The predicted octanol–water partition coefficient (Wildman–Crippen LogP) is 1.39. The van der Waals surface area contributed by atoms with E-state index in [0.29, 0.717) is 19.5 Å². The highest BCUT2D eigenvalue weighted by Gasteiger charge is 2.31. The lowest BCUT2D eigenvalue weighted by Crippen LogP contribution is -2.42. The second-order valence-electron chi connectivity index (χ2n) is 5.56. The van der Waals surface area contributed by atoms with E-state index in [1.165, 1.54) is 7.11 Å². The van der Waals surface area contributed by atoms with Gasteiger partial charge in [0.25, 0.3) is 0 Å². The Morgan fingerprint density at radius 3 is 2.33 bits per heavy atom. The summed E-state index contributed by atoms with van der Waals surface area (Å²) in [5.41, 5.74) is 0.234. The van der Waals surface area contributed by atoms with Crippen LogP contribution in [0.15, 0.2) is 0 Å². The Labute approximate surface area is 110 Å². The summed E-state index contributed by atoms with van der Waals surface area (Å²) in [6.07, 6.45) is 2.27. The predicted molar refractivity (Wildman–Crippen MR) is 69.6 cm³/mol. The molecule has 6 heteroatoms. The molecular formula is C12H23NO4S. The van der Waals surface area contributed by atoms with E-state index < -0.39 is 10.0 Å². The van der Waals surface area contributed by atoms with Gasteiger partial charge in [-0.3, -0.25) is 4.79 Å². The number of hydrogen-bond donors (Lipinski definition) is 0. The van der Waals surface area contributed by atoms with Crippen molar-refractivity contribution in [2.24, 2.45) is 5.41 Å². The Morgan fingerprint density at radius 2 is 1.83 bits per heavy atom. The molecule has 0 unspecified atom stereocenters. The number of carbonyl (C=O) groups is 1. The highest BCUT2D eigenvalue weighted by Crippen LogP contribution is 2.30. The lowest BCUT2D eigenvalue weighted by Gasteiger charge is -2.36. The Balaban J connectivity index is 2.42. The van der Waals surface area contributed by atoms with E-state index in [1.807, 2.05) is 0 Å². The highest BCUT2D eigenvalue weighted by atomic mass is 32.2. The minimum atomic E-state index is -3.21. The fourth-order valence-corrected chi connectivity index (χ4v) is 3.51. The SMILES string of the molecule is COC(=O)CCCS(=O)(=O)N1CCC(C)(C)CC1. The number of methoxy groups -OCH3 is 1. The topological polar surface area (TPSA) is 63.7 Å². The van der Waals surface area contributed by atoms with E-state index in [1.54, 1.807) is 4.31 Å². The number of sulfonamides is 1. The molecule has 0 aromatic heterocycles. The monoisotopic (exact) mass is 277 g/mol. The zero-order valence-corrected chi connectivity index (χ0v) is 12.3. The Hall–Kier alpha value is -0.620. The molecule has 0 aromatic carbocycles.